The van der Waals surface area contributed by atoms with Crippen LogP contribution >= 0.6 is 0 Å². The van der Waals surface area contributed by atoms with Gasteiger partial charge in [-0.25, -0.2) is 27.9 Å². The van der Waals surface area contributed by atoms with Gasteiger partial charge in [0.05, 0.1) is 16.8 Å². The van der Waals surface area contributed by atoms with Crippen molar-refractivity contribution >= 4 is 44.9 Å². The summed E-state index contributed by atoms with van der Waals surface area (Å²) < 4.78 is 36.8. The Bertz CT molecular complexity index is 1380. The lowest BCUT2D eigenvalue weighted by Crippen LogP contribution is -2.16. The number of sulfonamides is 1. The molecule has 1 aromatic heterocycles. The van der Waals surface area contributed by atoms with E-state index in [9.17, 15) is 22.4 Å². The van der Waals surface area contributed by atoms with E-state index in [1.54, 1.807) is 6.92 Å². The molecule has 0 saturated heterocycles. The number of hydrogen-bond donors (Lipinski definition) is 4. The first kappa shape index (κ1) is 20.4. The number of nitrogens with two attached hydrogens (primary N) is 1. The van der Waals surface area contributed by atoms with E-state index in [0.717, 1.165) is 0 Å². The largest absolute Gasteiger partial charge is 0.321 e. The second-order valence-corrected chi connectivity index (χ2v) is 8.23. The predicted molar refractivity (Wildman–Crippen MR) is 110 cm³/mol. The topological polar surface area (TPSA) is 159 Å². The lowest BCUT2D eigenvalue weighted by Gasteiger charge is -2.08. The van der Waals surface area contributed by atoms with Crippen LogP contribution in [0.3, 0.4) is 0 Å². The number of carbonyl (C=O) groups is 2. The van der Waals surface area contributed by atoms with Crippen LogP contribution in [-0.4, -0.2) is 35.9 Å². The van der Waals surface area contributed by atoms with Crippen molar-refractivity contribution in [3.8, 4) is 0 Å². The quantitative estimate of drug-likeness (QED) is 0.484. The molecule has 12 heteroatoms. The van der Waals surface area contributed by atoms with E-state index in [1.165, 1.54) is 42.6 Å². The third-order valence-corrected chi connectivity index (χ3v) is 5.53. The lowest BCUT2D eigenvalue weighted by atomic mass is 10.1. The number of aryl methyl sites for hydroxylation is 1. The zero-order chi connectivity index (χ0) is 22.3. The number of rotatable bonds is 4. The molecule has 0 spiro atoms. The maximum atomic E-state index is 13.5. The number of aromatic nitrogens is 2. The fraction of sp³-hybridized carbons (Fsp3) is 0.0526. The molecule has 0 saturated carbocycles. The molecular formula is C19H15FN6O4S. The number of H-pyrrole nitrogens is 1. The van der Waals surface area contributed by atoms with Crippen molar-refractivity contribution < 1.29 is 22.4 Å². The fourth-order valence-corrected chi connectivity index (χ4v) is 3.82. The molecule has 4 rings (SSSR count). The Balaban J connectivity index is 1.58. The normalized spacial score (nSPS) is 14.4. The first-order chi connectivity index (χ1) is 14.6. The zero-order valence-electron chi connectivity index (χ0n) is 15.9. The summed E-state index contributed by atoms with van der Waals surface area (Å²) in [5.74, 6) is -1.72. The third kappa shape index (κ3) is 4.06. The van der Waals surface area contributed by atoms with Gasteiger partial charge in [-0.05, 0) is 42.8 Å². The van der Waals surface area contributed by atoms with Gasteiger partial charge in [-0.1, -0.05) is 6.07 Å². The van der Waals surface area contributed by atoms with Crippen LogP contribution in [0.2, 0.25) is 0 Å². The molecule has 1 aliphatic rings. The number of nitrogens with one attached hydrogen (secondary N) is 3. The number of nitrogens with zero attached hydrogens (tertiary/aromatic N) is 2. The van der Waals surface area contributed by atoms with Gasteiger partial charge in [0.25, 0.3) is 11.8 Å². The van der Waals surface area contributed by atoms with Gasteiger partial charge in [0.15, 0.2) is 0 Å². The highest BCUT2D eigenvalue weighted by atomic mass is 32.2. The second kappa shape index (κ2) is 7.41. The molecule has 3 aromatic rings. The average Bonchev–Trinajstić information content (AvgIpc) is 3.28. The molecule has 2 amide bonds. The number of benzene rings is 2. The molecule has 5 N–H and O–H groups in total. The minimum Gasteiger partial charge on any atom is -0.321 e. The number of amides is 2. The van der Waals surface area contributed by atoms with Gasteiger partial charge in [0.2, 0.25) is 16.0 Å². The van der Waals surface area contributed by atoms with Crippen LogP contribution in [0.4, 0.5) is 21.7 Å². The monoisotopic (exact) mass is 442 g/mol. The maximum absolute atomic E-state index is 13.5. The Labute approximate surface area is 175 Å². The minimum absolute atomic E-state index is 0.00921. The Morgan fingerprint density at radius 3 is 2.74 bits per heavy atom. The molecule has 2 aromatic carbocycles. The Morgan fingerprint density at radius 1 is 1.23 bits per heavy atom. The molecule has 0 aliphatic carbocycles. The highest BCUT2D eigenvalue weighted by Gasteiger charge is 2.27. The Morgan fingerprint density at radius 2 is 2.00 bits per heavy atom. The van der Waals surface area contributed by atoms with E-state index >= 15 is 0 Å². The van der Waals surface area contributed by atoms with E-state index in [1.807, 2.05) is 0 Å². The van der Waals surface area contributed by atoms with Gasteiger partial charge in [-0.15, -0.1) is 0 Å². The van der Waals surface area contributed by atoms with Crippen LogP contribution in [0.5, 0.6) is 0 Å². The SMILES string of the molecule is Cc1ccc(NC(=O)c2cnc(N=C3C(=O)Nc4ccc(F)cc43)[nH]2)cc1S(N)(=O)=O. The van der Waals surface area contributed by atoms with Gasteiger partial charge in [0.1, 0.15) is 17.2 Å². The summed E-state index contributed by atoms with van der Waals surface area (Å²) in [6.07, 6.45) is 1.20. The fourth-order valence-electron chi connectivity index (χ4n) is 3.01. The molecule has 0 bridgehead atoms. The summed E-state index contributed by atoms with van der Waals surface area (Å²) in [7, 11) is -3.95. The van der Waals surface area contributed by atoms with Crippen molar-refractivity contribution in [2.75, 3.05) is 10.6 Å². The van der Waals surface area contributed by atoms with Crippen LogP contribution in [0.1, 0.15) is 21.6 Å². The second-order valence-electron chi connectivity index (χ2n) is 6.70. The molecule has 1 aliphatic heterocycles. The maximum Gasteiger partial charge on any atom is 0.275 e. The van der Waals surface area contributed by atoms with Crippen molar-refractivity contribution in [1.82, 2.24) is 9.97 Å². The van der Waals surface area contributed by atoms with Crippen molar-refractivity contribution in [3.63, 3.8) is 0 Å². The molecule has 0 radical (unpaired) electrons. The highest BCUT2D eigenvalue weighted by Crippen LogP contribution is 2.26. The molecule has 31 heavy (non-hydrogen) atoms. The lowest BCUT2D eigenvalue weighted by molar-refractivity contribution is -0.110. The van der Waals surface area contributed by atoms with Crippen molar-refractivity contribution in [2.45, 2.75) is 11.8 Å². The van der Waals surface area contributed by atoms with Crippen LogP contribution in [0.25, 0.3) is 0 Å². The minimum atomic E-state index is -3.95. The Kier molecular flexibility index (Phi) is 4.87. The highest BCUT2D eigenvalue weighted by molar-refractivity contribution is 7.89. The third-order valence-electron chi connectivity index (χ3n) is 4.48. The van der Waals surface area contributed by atoms with Crippen LogP contribution in [0, 0.1) is 12.7 Å². The van der Waals surface area contributed by atoms with Crippen LogP contribution < -0.4 is 15.8 Å². The van der Waals surface area contributed by atoms with Gasteiger partial charge in [0, 0.05) is 11.3 Å². The number of fused-ring (bicyclic) bond motifs is 1. The summed E-state index contributed by atoms with van der Waals surface area (Å²) in [4.78, 5) is 35.2. The summed E-state index contributed by atoms with van der Waals surface area (Å²) in [5, 5.41) is 10.3. The number of halogens is 1. The number of aliphatic imine (C=N–C) groups is 1. The van der Waals surface area contributed by atoms with E-state index < -0.39 is 27.7 Å². The van der Waals surface area contributed by atoms with Crippen LogP contribution in [0.15, 0.2) is 52.5 Å². The molecule has 2 heterocycles. The van der Waals surface area contributed by atoms with Gasteiger partial charge < -0.3 is 15.6 Å². The summed E-state index contributed by atoms with van der Waals surface area (Å²) >= 11 is 0. The van der Waals surface area contributed by atoms with E-state index in [2.05, 4.69) is 25.6 Å². The summed E-state index contributed by atoms with van der Waals surface area (Å²) in [6, 6.07) is 8.08. The molecule has 158 valence electrons. The van der Waals surface area contributed by atoms with Gasteiger partial charge in [-0.2, -0.15) is 0 Å². The predicted octanol–water partition coefficient (Wildman–Crippen LogP) is 1.83. The van der Waals surface area contributed by atoms with Crippen molar-refractivity contribution in [2.24, 2.45) is 10.1 Å². The number of aromatic amines is 1. The van der Waals surface area contributed by atoms with Crippen molar-refractivity contribution in [3.05, 3.63) is 65.2 Å². The van der Waals surface area contributed by atoms with E-state index in [4.69, 9.17) is 5.14 Å². The average molecular weight is 442 g/mol. The number of carbonyl (C=O) groups excluding carboxylic acids is 2. The first-order valence-electron chi connectivity index (χ1n) is 8.81. The smallest absolute Gasteiger partial charge is 0.275 e. The molecular weight excluding hydrogens is 427 g/mol. The molecule has 0 atom stereocenters. The molecule has 0 unspecified atom stereocenters. The van der Waals surface area contributed by atoms with Gasteiger partial charge >= 0.3 is 0 Å². The molecule has 10 nitrogen and oxygen atoms in total. The van der Waals surface area contributed by atoms with Crippen molar-refractivity contribution in [1.29, 1.82) is 0 Å². The number of primary sulfonamides is 1. The van der Waals surface area contributed by atoms with Crippen LogP contribution in [-0.2, 0) is 14.8 Å². The Hall–Kier alpha value is -3.90. The standard InChI is InChI=1S/C19H15FN6O4S/c1-9-2-4-11(7-15(9)31(21,29)30)23-17(27)14-8-22-19(25-14)26-16-12-6-10(20)3-5-13(12)24-18(16)28/h2-8H,1H3,(H,23,27)(H2,21,29,30)(H2,22,24,25,26,28). The summed E-state index contributed by atoms with van der Waals surface area (Å²) in [5.41, 5.74) is 1.30. The van der Waals surface area contributed by atoms with Gasteiger partial charge in [-0.3, -0.25) is 9.59 Å². The first-order valence-corrected chi connectivity index (χ1v) is 10.4. The van der Waals surface area contributed by atoms with E-state index in [-0.39, 0.29) is 33.5 Å². The summed E-state index contributed by atoms with van der Waals surface area (Å²) in [6.45, 7) is 1.58. The zero-order valence-corrected chi connectivity index (χ0v) is 16.7. The number of anilines is 2. The molecule has 0 fully saturated rings. The van der Waals surface area contributed by atoms with E-state index in [0.29, 0.717) is 11.3 Å². The number of hydrogen-bond acceptors (Lipinski definition) is 6. The number of imidazole rings is 1.